The first-order valence-electron chi connectivity index (χ1n) is 3.85. The quantitative estimate of drug-likeness (QED) is 0.708. The summed E-state index contributed by atoms with van der Waals surface area (Å²) in [7, 11) is 0. The Bertz CT molecular complexity index is 268. The Morgan fingerprint density at radius 2 is 2.50 bits per heavy atom. The monoisotopic (exact) mass is 168 g/mol. The van der Waals surface area contributed by atoms with E-state index in [1.54, 1.807) is 6.26 Å². The molecule has 0 aromatic carbocycles. The molecular weight excluding hydrogens is 156 g/mol. The fourth-order valence-corrected chi connectivity index (χ4v) is 0.866. The van der Waals surface area contributed by atoms with Crippen LogP contribution in [0.3, 0.4) is 0 Å². The van der Waals surface area contributed by atoms with Crippen LogP contribution in [0.1, 0.15) is 18.0 Å². The first-order chi connectivity index (χ1) is 5.72. The van der Waals surface area contributed by atoms with Crippen LogP contribution in [0.4, 0.5) is 0 Å². The minimum Gasteiger partial charge on any atom is -0.449 e. The van der Waals surface area contributed by atoms with Crippen LogP contribution in [0.2, 0.25) is 0 Å². The number of hydrogen-bond acceptors (Lipinski definition) is 4. The highest BCUT2D eigenvalue weighted by Gasteiger charge is 2.03. The number of oxazole rings is 1. The number of hydrogen-bond donors (Lipinski definition) is 1. The van der Waals surface area contributed by atoms with Gasteiger partial charge < -0.3 is 10.2 Å². The van der Waals surface area contributed by atoms with Gasteiger partial charge in [0.15, 0.2) is 5.89 Å². The zero-order valence-corrected chi connectivity index (χ0v) is 7.04. The molecule has 4 heteroatoms. The summed E-state index contributed by atoms with van der Waals surface area (Å²) < 4.78 is 5.06. The third kappa shape index (κ3) is 2.47. The van der Waals surface area contributed by atoms with Crippen molar-refractivity contribution in [2.75, 3.05) is 6.54 Å². The molecule has 0 saturated carbocycles. The van der Waals surface area contributed by atoms with Gasteiger partial charge in [-0.2, -0.15) is 0 Å². The Morgan fingerprint density at radius 3 is 3.00 bits per heavy atom. The Morgan fingerprint density at radius 1 is 1.75 bits per heavy atom. The molecule has 1 aromatic heterocycles. The molecule has 1 aromatic rings. The lowest BCUT2D eigenvalue weighted by molar-refractivity contribution is -0.117. The maximum atomic E-state index is 10.8. The number of carbonyl (C=O) groups excluding carboxylic acids is 1. The van der Waals surface area contributed by atoms with Gasteiger partial charge in [-0.15, -0.1) is 0 Å². The Hall–Kier alpha value is -1.16. The molecule has 12 heavy (non-hydrogen) atoms. The fourth-order valence-electron chi connectivity index (χ4n) is 0.866. The van der Waals surface area contributed by atoms with Crippen LogP contribution in [-0.2, 0) is 11.2 Å². The fraction of sp³-hybridized carbons (Fsp3) is 0.500. The van der Waals surface area contributed by atoms with Crippen molar-refractivity contribution in [1.82, 2.24) is 4.98 Å². The van der Waals surface area contributed by atoms with E-state index in [0.717, 1.165) is 5.69 Å². The molecule has 1 rings (SSSR count). The highest BCUT2D eigenvalue weighted by molar-refractivity contribution is 5.80. The van der Waals surface area contributed by atoms with Crippen molar-refractivity contribution < 1.29 is 9.21 Å². The van der Waals surface area contributed by atoms with Crippen LogP contribution in [-0.4, -0.2) is 17.3 Å². The van der Waals surface area contributed by atoms with Crippen molar-refractivity contribution in [3.63, 3.8) is 0 Å². The molecule has 0 bridgehead atoms. The summed E-state index contributed by atoms with van der Waals surface area (Å²) >= 11 is 0. The number of nitrogens with two attached hydrogens (primary N) is 1. The summed E-state index contributed by atoms with van der Waals surface area (Å²) in [5.41, 5.74) is 5.98. The predicted molar refractivity (Wildman–Crippen MR) is 43.6 cm³/mol. The number of nitrogens with zero attached hydrogens (tertiary/aromatic N) is 1. The predicted octanol–water partition coefficient (Wildman–Crippen LogP) is 0.443. The van der Waals surface area contributed by atoms with Crippen molar-refractivity contribution in [3.05, 3.63) is 17.8 Å². The zero-order chi connectivity index (χ0) is 8.97. The lowest BCUT2D eigenvalue weighted by Gasteiger charge is -1.92. The summed E-state index contributed by atoms with van der Waals surface area (Å²) in [6.07, 6.45) is 2.53. The standard InChI is InChI=1S/C8H12N2O2/c1-6-5-12-8(10-6)3-2-7(11)4-9/h5H,2-4,9H2,1H3. The van der Waals surface area contributed by atoms with E-state index in [1.807, 2.05) is 6.92 Å². The van der Waals surface area contributed by atoms with Gasteiger partial charge in [-0.1, -0.05) is 0 Å². The van der Waals surface area contributed by atoms with Gasteiger partial charge in [0.25, 0.3) is 0 Å². The first kappa shape index (κ1) is 8.93. The average molecular weight is 168 g/mol. The third-order valence-corrected chi connectivity index (χ3v) is 1.51. The molecule has 2 N–H and O–H groups in total. The van der Waals surface area contributed by atoms with Crippen LogP contribution < -0.4 is 5.73 Å². The molecule has 0 aliphatic carbocycles. The number of Topliss-reactive ketones (excluding diaryl/α,β-unsaturated/α-hetero) is 1. The second-order valence-electron chi connectivity index (χ2n) is 2.63. The van der Waals surface area contributed by atoms with Crippen LogP contribution in [0.5, 0.6) is 0 Å². The minimum atomic E-state index is 0.0332. The molecule has 0 aliphatic heterocycles. The van der Waals surface area contributed by atoms with Gasteiger partial charge in [-0.25, -0.2) is 4.98 Å². The highest BCUT2D eigenvalue weighted by Crippen LogP contribution is 2.03. The number of rotatable bonds is 4. The Labute approximate surface area is 70.8 Å². The van der Waals surface area contributed by atoms with Gasteiger partial charge in [0.05, 0.1) is 12.2 Å². The van der Waals surface area contributed by atoms with Crippen molar-refractivity contribution in [3.8, 4) is 0 Å². The van der Waals surface area contributed by atoms with E-state index in [4.69, 9.17) is 10.2 Å². The van der Waals surface area contributed by atoms with Crippen LogP contribution >= 0.6 is 0 Å². The lowest BCUT2D eigenvalue weighted by Crippen LogP contribution is -2.13. The molecule has 1 heterocycles. The van der Waals surface area contributed by atoms with Gasteiger partial charge in [0, 0.05) is 12.8 Å². The molecule has 0 unspecified atom stereocenters. The molecule has 0 radical (unpaired) electrons. The second-order valence-corrected chi connectivity index (χ2v) is 2.63. The lowest BCUT2D eigenvalue weighted by atomic mass is 10.2. The van der Waals surface area contributed by atoms with E-state index < -0.39 is 0 Å². The molecule has 66 valence electrons. The molecule has 4 nitrogen and oxygen atoms in total. The second kappa shape index (κ2) is 4.01. The first-order valence-corrected chi connectivity index (χ1v) is 3.85. The topological polar surface area (TPSA) is 69.1 Å². The van der Waals surface area contributed by atoms with E-state index >= 15 is 0 Å². The SMILES string of the molecule is Cc1coc(CCC(=O)CN)n1. The summed E-state index contributed by atoms with van der Waals surface area (Å²) in [6.45, 7) is 1.94. The van der Waals surface area contributed by atoms with Gasteiger partial charge in [0.2, 0.25) is 0 Å². The number of aryl methyl sites for hydroxylation is 2. The molecule has 0 spiro atoms. The van der Waals surface area contributed by atoms with Crippen molar-refractivity contribution in [1.29, 1.82) is 0 Å². The number of carbonyl (C=O) groups is 1. The number of aromatic nitrogens is 1. The summed E-state index contributed by atoms with van der Waals surface area (Å²) in [4.78, 5) is 14.9. The van der Waals surface area contributed by atoms with E-state index in [0.29, 0.717) is 18.7 Å². The van der Waals surface area contributed by atoms with Crippen LogP contribution in [0, 0.1) is 6.92 Å². The maximum Gasteiger partial charge on any atom is 0.194 e. The normalized spacial score (nSPS) is 10.2. The Balaban J connectivity index is 2.38. The smallest absolute Gasteiger partial charge is 0.194 e. The van der Waals surface area contributed by atoms with E-state index in [1.165, 1.54) is 0 Å². The molecule has 0 aliphatic rings. The number of ketones is 1. The van der Waals surface area contributed by atoms with E-state index in [-0.39, 0.29) is 12.3 Å². The highest BCUT2D eigenvalue weighted by atomic mass is 16.3. The summed E-state index contributed by atoms with van der Waals surface area (Å²) in [5, 5.41) is 0. The Kier molecular flexibility index (Phi) is 2.99. The third-order valence-electron chi connectivity index (χ3n) is 1.51. The molecule has 0 saturated heterocycles. The average Bonchev–Trinajstić information content (AvgIpc) is 2.47. The van der Waals surface area contributed by atoms with Gasteiger partial charge in [0.1, 0.15) is 12.0 Å². The van der Waals surface area contributed by atoms with Gasteiger partial charge >= 0.3 is 0 Å². The van der Waals surface area contributed by atoms with E-state index in [2.05, 4.69) is 4.98 Å². The maximum absolute atomic E-state index is 10.8. The summed E-state index contributed by atoms with van der Waals surface area (Å²) in [5.74, 6) is 0.639. The van der Waals surface area contributed by atoms with Crippen molar-refractivity contribution in [2.24, 2.45) is 5.73 Å². The van der Waals surface area contributed by atoms with Crippen molar-refractivity contribution >= 4 is 5.78 Å². The molecule has 0 amide bonds. The van der Waals surface area contributed by atoms with Gasteiger partial charge in [-0.3, -0.25) is 4.79 Å². The van der Waals surface area contributed by atoms with Gasteiger partial charge in [-0.05, 0) is 6.92 Å². The zero-order valence-electron chi connectivity index (χ0n) is 7.04. The van der Waals surface area contributed by atoms with Crippen LogP contribution in [0.25, 0.3) is 0 Å². The molecule has 0 fully saturated rings. The molecular formula is C8H12N2O2. The van der Waals surface area contributed by atoms with Crippen molar-refractivity contribution in [2.45, 2.75) is 19.8 Å². The van der Waals surface area contributed by atoms with Crippen LogP contribution in [0.15, 0.2) is 10.7 Å². The molecule has 0 atom stereocenters. The van der Waals surface area contributed by atoms with E-state index in [9.17, 15) is 4.79 Å². The minimum absolute atomic E-state index is 0.0332. The largest absolute Gasteiger partial charge is 0.449 e. The summed E-state index contributed by atoms with van der Waals surface area (Å²) in [6, 6.07) is 0.